The smallest absolute Gasteiger partial charge is 0.0791 e. The molecule has 0 heterocycles. The van der Waals surface area contributed by atoms with E-state index in [0.717, 1.165) is 86.2 Å². The number of rotatable bonds is 0. The Morgan fingerprint density at radius 1 is 0.256 bits per heavy atom. The molecular weight excluding hydrogens is 681 g/mol. The van der Waals surface area contributed by atoms with Crippen LogP contribution in [0.5, 0.6) is 0 Å². The lowest BCUT2D eigenvalue weighted by Crippen LogP contribution is -1.84. The fourth-order valence-electron chi connectivity index (χ4n) is 7.88. The second kappa shape index (κ2) is 8.33. The van der Waals surface area contributed by atoms with E-state index in [1.54, 1.807) is 0 Å². The van der Waals surface area contributed by atoms with Crippen molar-refractivity contribution in [3.05, 3.63) is 102 Å². The molecule has 0 unspecified atom stereocenters. The van der Waals surface area contributed by atoms with Crippen LogP contribution in [0.3, 0.4) is 0 Å². The van der Waals surface area contributed by atoms with Gasteiger partial charge in [0.15, 0.2) is 0 Å². The van der Waals surface area contributed by atoms with Crippen LogP contribution in [0.1, 0.15) is 0 Å². The van der Waals surface area contributed by atoms with Gasteiger partial charge in [0.2, 0.25) is 0 Å². The van der Waals surface area contributed by atoms with E-state index in [1.807, 2.05) is 6.07 Å². The predicted octanol–water partition coefficient (Wildman–Crippen LogP) is 15.0. The standard InChI is InChI=1S/C36H11Cl7/c37-17-11-10-13-6-3-9-16-19(13)23(17)24-22(16)20-14-7-1-4-12-5-2-8-15(18(12)14)21(20)25-26(24)29-27-28(25)31(38)35(42)33(40)30(27)34(41)36(43)32(29)39/h1-11H. The molecule has 0 fully saturated rings. The van der Waals surface area contributed by atoms with Crippen LogP contribution >= 0.6 is 81.2 Å². The predicted molar refractivity (Wildman–Crippen MR) is 193 cm³/mol. The minimum Gasteiger partial charge on any atom is -0.0836 e. The molecule has 0 aliphatic rings. The monoisotopic (exact) mass is 688 g/mol. The summed E-state index contributed by atoms with van der Waals surface area (Å²) in [6.45, 7) is 0. The molecule has 0 N–H and O–H groups in total. The van der Waals surface area contributed by atoms with E-state index < -0.39 is 0 Å². The molecule has 10 rings (SSSR count). The van der Waals surface area contributed by atoms with Gasteiger partial charge < -0.3 is 0 Å². The summed E-state index contributed by atoms with van der Waals surface area (Å²) in [6, 6.07) is 23.3. The molecule has 0 saturated carbocycles. The van der Waals surface area contributed by atoms with Crippen LogP contribution < -0.4 is 0 Å². The number of hydrogen-bond donors (Lipinski definition) is 0. The molecule has 7 heteroatoms. The highest BCUT2D eigenvalue weighted by atomic mass is 35.5. The van der Waals surface area contributed by atoms with E-state index in [-0.39, 0.29) is 20.1 Å². The lowest BCUT2D eigenvalue weighted by molar-refractivity contribution is 1.82. The maximum Gasteiger partial charge on any atom is 0.0791 e. The van der Waals surface area contributed by atoms with Crippen LogP contribution in [-0.2, 0) is 0 Å². The van der Waals surface area contributed by atoms with Gasteiger partial charge in [0.1, 0.15) is 0 Å². The fourth-order valence-corrected chi connectivity index (χ4v) is 9.79. The quantitative estimate of drug-likeness (QED) is 0.139. The van der Waals surface area contributed by atoms with Crippen molar-refractivity contribution < 1.29 is 0 Å². The van der Waals surface area contributed by atoms with Crippen LogP contribution in [0.2, 0.25) is 35.2 Å². The molecule has 0 saturated heterocycles. The minimum atomic E-state index is 0.212. The van der Waals surface area contributed by atoms with Crippen LogP contribution in [0, 0.1) is 0 Å². The van der Waals surface area contributed by atoms with Gasteiger partial charge in [-0.3, -0.25) is 0 Å². The first-order chi connectivity index (χ1) is 20.8. The fraction of sp³-hybridized carbons (Fsp3) is 0. The Kier molecular flexibility index (Phi) is 4.97. The van der Waals surface area contributed by atoms with Crippen molar-refractivity contribution in [2.75, 3.05) is 0 Å². The Labute approximate surface area is 278 Å². The number of halogens is 7. The van der Waals surface area contributed by atoms with Gasteiger partial charge in [-0.1, -0.05) is 142 Å². The van der Waals surface area contributed by atoms with E-state index in [0.29, 0.717) is 20.5 Å². The highest BCUT2D eigenvalue weighted by molar-refractivity contribution is 6.65. The Hall–Kier alpha value is -2.65. The lowest BCUT2D eigenvalue weighted by atomic mass is 9.97. The van der Waals surface area contributed by atoms with E-state index in [9.17, 15) is 0 Å². The Morgan fingerprint density at radius 3 is 1.21 bits per heavy atom. The second-order valence-electron chi connectivity index (χ2n) is 11.2. The van der Waals surface area contributed by atoms with Crippen molar-refractivity contribution in [3.63, 3.8) is 0 Å². The van der Waals surface area contributed by atoms with Gasteiger partial charge in [0, 0.05) is 48.1 Å². The first kappa shape index (κ1) is 25.7. The molecule has 0 radical (unpaired) electrons. The molecule has 0 aliphatic heterocycles. The molecule has 0 aliphatic carbocycles. The lowest BCUT2D eigenvalue weighted by Gasteiger charge is -2.12. The molecule has 0 atom stereocenters. The van der Waals surface area contributed by atoms with Crippen LogP contribution in [-0.4, -0.2) is 0 Å². The first-order valence-electron chi connectivity index (χ1n) is 13.5. The zero-order valence-electron chi connectivity index (χ0n) is 21.5. The third kappa shape index (κ3) is 2.79. The molecule has 10 aromatic rings. The average molecular weight is 692 g/mol. The highest BCUT2D eigenvalue weighted by Crippen LogP contribution is 2.61. The summed E-state index contributed by atoms with van der Waals surface area (Å²) in [5.41, 5.74) is 0. The molecule has 204 valence electrons. The van der Waals surface area contributed by atoms with Crippen molar-refractivity contribution in [3.8, 4) is 0 Å². The van der Waals surface area contributed by atoms with E-state index >= 15 is 0 Å². The largest absolute Gasteiger partial charge is 0.0836 e. The summed E-state index contributed by atoms with van der Waals surface area (Å²) in [5, 5.41) is 20.1. The Morgan fingerprint density at radius 2 is 0.651 bits per heavy atom. The minimum absolute atomic E-state index is 0.212. The van der Waals surface area contributed by atoms with Crippen molar-refractivity contribution in [1.29, 1.82) is 0 Å². The van der Waals surface area contributed by atoms with Crippen LogP contribution in [0.25, 0.3) is 97.0 Å². The van der Waals surface area contributed by atoms with Gasteiger partial charge in [-0.05, 0) is 59.9 Å². The SMILES string of the molecule is Clc1c(Cl)c2c(Cl)c(Cl)c(Cl)c3c2c(c1Cl)c1c2c4cccc5cccc(c54)c2c2c4cccc5ccc(Cl)c(c54)c2c31. The van der Waals surface area contributed by atoms with E-state index in [4.69, 9.17) is 81.2 Å². The summed E-state index contributed by atoms with van der Waals surface area (Å²) in [5.74, 6) is 0. The topological polar surface area (TPSA) is 0 Å². The van der Waals surface area contributed by atoms with Crippen LogP contribution in [0.15, 0.2) is 66.7 Å². The summed E-state index contributed by atoms with van der Waals surface area (Å²) < 4.78 is 0. The molecular formula is C36H11Cl7. The maximum atomic E-state index is 7.19. The summed E-state index contributed by atoms with van der Waals surface area (Å²) >= 11 is 49.0. The van der Waals surface area contributed by atoms with Crippen molar-refractivity contribution >= 4 is 178 Å². The molecule has 0 nitrogen and oxygen atoms in total. The van der Waals surface area contributed by atoms with Crippen molar-refractivity contribution in [2.45, 2.75) is 0 Å². The van der Waals surface area contributed by atoms with E-state index in [2.05, 4.69) is 60.7 Å². The highest BCUT2D eigenvalue weighted by Gasteiger charge is 2.32. The van der Waals surface area contributed by atoms with Gasteiger partial charge in [-0.2, -0.15) is 0 Å². The Balaban J connectivity index is 1.77. The summed E-state index contributed by atoms with van der Waals surface area (Å²) in [6.07, 6.45) is 0. The molecule has 0 bridgehead atoms. The first-order valence-corrected chi connectivity index (χ1v) is 16.1. The maximum absolute atomic E-state index is 7.19. The third-order valence-corrected chi connectivity index (χ3v) is 12.3. The second-order valence-corrected chi connectivity index (χ2v) is 13.8. The van der Waals surface area contributed by atoms with Gasteiger partial charge in [0.05, 0.1) is 30.1 Å². The number of hydrogen-bond acceptors (Lipinski definition) is 0. The molecule has 10 aromatic carbocycles. The summed E-state index contributed by atoms with van der Waals surface area (Å²) in [7, 11) is 0. The normalized spacial score (nSPS) is 13.0. The van der Waals surface area contributed by atoms with Gasteiger partial charge in [-0.15, -0.1) is 0 Å². The van der Waals surface area contributed by atoms with Gasteiger partial charge >= 0.3 is 0 Å². The van der Waals surface area contributed by atoms with Gasteiger partial charge in [-0.25, -0.2) is 0 Å². The van der Waals surface area contributed by atoms with Crippen LogP contribution in [0.4, 0.5) is 0 Å². The molecule has 0 amide bonds. The number of benzene rings is 7. The molecule has 43 heavy (non-hydrogen) atoms. The molecule has 0 spiro atoms. The van der Waals surface area contributed by atoms with E-state index in [1.165, 1.54) is 5.39 Å². The van der Waals surface area contributed by atoms with Crippen molar-refractivity contribution in [1.82, 2.24) is 0 Å². The summed E-state index contributed by atoms with van der Waals surface area (Å²) in [4.78, 5) is 0. The molecule has 0 aromatic heterocycles. The number of fused-ring (bicyclic) bond motifs is 12. The third-order valence-electron chi connectivity index (χ3n) is 9.36. The van der Waals surface area contributed by atoms with Crippen molar-refractivity contribution in [2.24, 2.45) is 0 Å². The van der Waals surface area contributed by atoms with Gasteiger partial charge in [0.25, 0.3) is 0 Å². The Bertz CT molecular complexity index is 2890. The zero-order chi connectivity index (χ0) is 29.2. The average Bonchev–Trinajstić information content (AvgIpc) is 3.65. The zero-order valence-corrected chi connectivity index (χ0v) is 26.8.